The van der Waals surface area contributed by atoms with Gasteiger partial charge in [0.05, 0.1) is 5.56 Å². The molecule has 3 rings (SSSR count). The van der Waals surface area contributed by atoms with E-state index in [1.807, 2.05) is 13.1 Å². The minimum absolute atomic E-state index is 0.0372. The van der Waals surface area contributed by atoms with E-state index in [1.165, 1.54) is 5.69 Å². The first-order valence-corrected chi connectivity index (χ1v) is 8.38. The first kappa shape index (κ1) is 15.9. The van der Waals surface area contributed by atoms with Crippen molar-refractivity contribution in [3.8, 4) is 0 Å². The van der Waals surface area contributed by atoms with E-state index in [0.717, 1.165) is 67.7 Å². The molecule has 0 radical (unpaired) electrons. The van der Waals surface area contributed by atoms with Gasteiger partial charge in [0.2, 0.25) is 0 Å². The summed E-state index contributed by atoms with van der Waals surface area (Å²) in [4.78, 5) is 17.9. The van der Waals surface area contributed by atoms with Crippen LogP contribution >= 0.6 is 0 Å². The number of aromatic amines is 1. The summed E-state index contributed by atoms with van der Waals surface area (Å²) < 4.78 is 0. The van der Waals surface area contributed by atoms with Crippen LogP contribution in [-0.4, -0.2) is 47.4 Å². The number of aromatic nitrogens is 1. The molecule has 0 fully saturated rings. The van der Waals surface area contributed by atoms with Crippen LogP contribution in [0, 0.1) is 0 Å². The Balaban J connectivity index is 1.41. The maximum Gasteiger partial charge on any atom is 0.253 e. The average molecular weight is 315 g/mol. The molecule has 1 aromatic rings. The van der Waals surface area contributed by atoms with E-state index in [4.69, 9.17) is 0 Å². The van der Waals surface area contributed by atoms with E-state index in [-0.39, 0.29) is 5.91 Å². The molecule has 2 aliphatic rings. The number of amides is 1. The summed E-state index contributed by atoms with van der Waals surface area (Å²) >= 11 is 0. The Morgan fingerprint density at radius 2 is 2.26 bits per heavy atom. The third kappa shape index (κ3) is 3.88. The van der Waals surface area contributed by atoms with Crippen LogP contribution in [0.5, 0.6) is 0 Å². The summed E-state index contributed by atoms with van der Waals surface area (Å²) in [6.45, 7) is 4.61. The van der Waals surface area contributed by atoms with Gasteiger partial charge in [-0.15, -0.1) is 0 Å². The molecule has 0 atom stereocenters. The second-order valence-corrected chi connectivity index (χ2v) is 6.54. The number of carbonyl (C=O) groups is 1. The number of carbonyl (C=O) groups excluding carboxylic acids is 1. The van der Waals surface area contributed by atoms with Gasteiger partial charge < -0.3 is 15.2 Å². The summed E-state index contributed by atoms with van der Waals surface area (Å²) in [5.74, 6) is 0.0372. The van der Waals surface area contributed by atoms with Gasteiger partial charge in [-0.2, -0.15) is 10.2 Å². The number of likely N-dealkylation sites (N-methyl/N-ethyl adjacent to an activating group) is 1. The molecule has 0 bridgehead atoms. The van der Waals surface area contributed by atoms with E-state index in [2.05, 4.69) is 32.5 Å². The Hall–Kier alpha value is -1.95. The summed E-state index contributed by atoms with van der Waals surface area (Å²) in [5, 5.41) is 11.2. The second kappa shape index (κ2) is 7.08. The monoisotopic (exact) mass is 315 g/mol. The van der Waals surface area contributed by atoms with Crippen LogP contribution in [0.2, 0.25) is 0 Å². The normalized spacial score (nSPS) is 17.7. The quantitative estimate of drug-likeness (QED) is 0.789. The number of nitrogens with zero attached hydrogens (tertiary/aromatic N) is 3. The predicted molar refractivity (Wildman–Crippen MR) is 92.2 cm³/mol. The lowest BCUT2D eigenvalue weighted by Crippen LogP contribution is -2.30. The van der Waals surface area contributed by atoms with E-state index < -0.39 is 0 Å². The highest BCUT2D eigenvalue weighted by atomic mass is 16.1. The molecule has 124 valence electrons. The molecular formula is C17H25N5O. The molecule has 23 heavy (non-hydrogen) atoms. The van der Waals surface area contributed by atoms with Gasteiger partial charge in [-0.3, -0.25) is 4.79 Å². The fourth-order valence-electron chi connectivity index (χ4n) is 3.17. The maximum absolute atomic E-state index is 12.4. The fraction of sp³-hybridized carbons (Fsp3) is 0.588. The summed E-state index contributed by atoms with van der Waals surface area (Å²) in [7, 11) is 2.09. The molecule has 0 aromatic carbocycles. The highest BCUT2D eigenvalue weighted by molar-refractivity contribution is 6.06. The van der Waals surface area contributed by atoms with Crippen molar-refractivity contribution in [1.82, 2.24) is 15.2 Å². The minimum Gasteiger partial charge on any atom is -0.364 e. The third-order valence-electron chi connectivity index (χ3n) is 4.50. The van der Waals surface area contributed by atoms with Crippen molar-refractivity contribution in [3.05, 3.63) is 23.0 Å². The smallest absolute Gasteiger partial charge is 0.253 e. The van der Waals surface area contributed by atoms with Gasteiger partial charge >= 0.3 is 0 Å². The van der Waals surface area contributed by atoms with Crippen LogP contribution in [0.15, 0.2) is 16.4 Å². The van der Waals surface area contributed by atoms with Crippen LogP contribution in [0.3, 0.4) is 0 Å². The van der Waals surface area contributed by atoms with Gasteiger partial charge in [-0.05, 0) is 38.8 Å². The largest absolute Gasteiger partial charge is 0.364 e. The van der Waals surface area contributed by atoms with Crippen molar-refractivity contribution in [2.45, 2.75) is 45.6 Å². The molecule has 2 N–H and O–H groups in total. The zero-order chi connectivity index (χ0) is 16.2. The molecule has 1 aromatic heterocycles. The molecule has 0 unspecified atom stereocenters. The number of hydrogen-bond donors (Lipinski definition) is 2. The Labute approximate surface area is 137 Å². The fourth-order valence-corrected chi connectivity index (χ4v) is 3.17. The van der Waals surface area contributed by atoms with Gasteiger partial charge in [-0.1, -0.05) is 0 Å². The van der Waals surface area contributed by atoms with E-state index in [0.29, 0.717) is 6.54 Å². The minimum atomic E-state index is 0.0372. The number of rotatable bonds is 6. The number of fused-ring (bicyclic) bond motifs is 1. The standard InChI is InChI=1S/C17H25N5O/c1-12-9-13(21-20-12)5-3-4-7-18-17(23)14-10-19-16-6-8-22(2)11-15(14)16/h10,19H,3-9,11H2,1-2H3,(H,18,23). The average Bonchev–Trinajstić information content (AvgIpc) is 3.12. The summed E-state index contributed by atoms with van der Waals surface area (Å²) in [6, 6.07) is 0. The molecule has 0 spiro atoms. The number of H-pyrrole nitrogens is 1. The van der Waals surface area contributed by atoms with Crippen molar-refractivity contribution in [1.29, 1.82) is 0 Å². The summed E-state index contributed by atoms with van der Waals surface area (Å²) in [5.41, 5.74) is 5.43. The highest BCUT2D eigenvalue weighted by Gasteiger charge is 2.21. The SMILES string of the molecule is CC1=NN=C(CCCCNC(=O)c2c[nH]c3c2CN(C)CC3)C1. The lowest BCUT2D eigenvalue weighted by molar-refractivity contribution is 0.0951. The van der Waals surface area contributed by atoms with Crippen molar-refractivity contribution in [2.75, 3.05) is 20.1 Å². The van der Waals surface area contributed by atoms with E-state index in [1.54, 1.807) is 0 Å². The Bertz CT molecular complexity index is 643. The Morgan fingerprint density at radius 3 is 3.04 bits per heavy atom. The number of unbranched alkanes of at least 4 members (excludes halogenated alkanes) is 1. The van der Waals surface area contributed by atoms with Crippen LogP contribution in [0.25, 0.3) is 0 Å². The van der Waals surface area contributed by atoms with Crippen LogP contribution in [-0.2, 0) is 13.0 Å². The molecular weight excluding hydrogens is 290 g/mol. The van der Waals surface area contributed by atoms with Gasteiger partial charge in [0, 0.05) is 55.8 Å². The van der Waals surface area contributed by atoms with Gasteiger partial charge in [0.25, 0.3) is 5.91 Å². The van der Waals surface area contributed by atoms with Gasteiger partial charge in [-0.25, -0.2) is 0 Å². The van der Waals surface area contributed by atoms with Crippen LogP contribution in [0.4, 0.5) is 0 Å². The Morgan fingerprint density at radius 1 is 1.39 bits per heavy atom. The van der Waals surface area contributed by atoms with Gasteiger partial charge in [0.15, 0.2) is 0 Å². The third-order valence-corrected chi connectivity index (χ3v) is 4.50. The lowest BCUT2D eigenvalue weighted by atomic mass is 10.0. The molecule has 1 amide bonds. The number of nitrogens with one attached hydrogen (secondary N) is 2. The molecule has 6 nitrogen and oxygen atoms in total. The maximum atomic E-state index is 12.4. The molecule has 0 saturated heterocycles. The molecule has 3 heterocycles. The number of hydrogen-bond acceptors (Lipinski definition) is 4. The zero-order valence-corrected chi connectivity index (χ0v) is 14.0. The second-order valence-electron chi connectivity index (χ2n) is 6.54. The topological polar surface area (TPSA) is 72.8 Å². The Kier molecular flexibility index (Phi) is 4.91. The highest BCUT2D eigenvalue weighted by Crippen LogP contribution is 2.21. The molecule has 6 heteroatoms. The molecule has 0 saturated carbocycles. The van der Waals surface area contributed by atoms with Crippen LogP contribution < -0.4 is 5.32 Å². The summed E-state index contributed by atoms with van der Waals surface area (Å²) in [6.07, 6.45) is 6.73. The zero-order valence-electron chi connectivity index (χ0n) is 14.0. The predicted octanol–water partition coefficient (Wildman–Crippen LogP) is 2.12. The van der Waals surface area contributed by atoms with Crippen molar-refractivity contribution in [2.24, 2.45) is 10.2 Å². The molecule has 0 aliphatic carbocycles. The van der Waals surface area contributed by atoms with Crippen molar-refractivity contribution >= 4 is 17.3 Å². The van der Waals surface area contributed by atoms with Crippen LogP contribution in [0.1, 0.15) is 54.2 Å². The van der Waals surface area contributed by atoms with Crippen molar-refractivity contribution < 1.29 is 4.79 Å². The van der Waals surface area contributed by atoms with Gasteiger partial charge in [0.1, 0.15) is 0 Å². The molecule has 2 aliphatic heterocycles. The first-order chi connectivity index (χ1) is 11.1. The van der Waals surface area contributed by atoms with E-state index >= 15 is 0 Å². The first-order valence-electron chi connectivity index (χ1n) is 8.38. The lowest BCUT2D eigenvalue weighted by Gasteiger charge is -2.23. The van der Waals surface area contributed by atoms with E-state index in [9.17, 15) is 4.79 Å². The van der Waals surface area contributed by atoms with Crippen molar-refractivity contribution in [3.63, 3.8) is 0 Å².